The number of nitrogens with one attached hydrogen (secondary N) is 1. The highest BCUT2D eigenvalue weighted by Crippen LogP contribution is 2.44. The average Bonchev–Trinajstić information content (AvgIpc) is 2.47. The predicted octanol–water partition coefficient (Wildman–Crippen LogP) is 0.127. The van der Waals surface area contributed by atoms with Crippen LogP contribution < -0.4 is 5.73 Å². The van der Waals surface area contributed by atoms with Crippen LogP contribution in [0.5, 0.6) is 0 Å². The normalized spacial score (nSPS) is 28.1. The number of alkyl halides is 3. The number of rotatable bonds is 1. The SMILES string of the molecule is N=C(N)N1CCC(CO)(C(F)(F)F)C1. The minimum absolute atomic E-state index is 0.0649. The van der Waals surface area contributed by atoms with Crippen LogP contribution in [0.3, 0.4) is 0 Å². The van der Waals surface area contributed by atoms with E-state index in [1.807, 2.05) is 0 Å². The monoisotopic (exact) mass is 211 g/mol. The first-order chi connectivity index (χ1) is 6.32. The number of aliphatic hydroxyl groups excluding tert-OH is 1. The lowest BCUT2D eigenvalue weighted by molar-refractivity contribution is -0.229. The van der Waals surface area contributed by atoms with Gasteiger partial charge < -0.3 is 15.7 Å². The Bertz CT molecular complexity index is 243. The molecule has 0 radical (unpaired) electrons. The van der Waals surface area contributed by atoms with Gasteiger partial charge >= 0.3 is 6.18 Å². The molecule has 1 unspecified atom stereocenters. The molecule has 0 aromatic rings. The van der Waals surface area contributed by atoms with Crippen molar-refractivity contribution in [1.82, 2.24) is 4.90 Å². The third-order valence-corrected chi connectivity index (χ3v) is 2.60. The molecule has 0 aliphatic carbocycles. The molecule has 4 nitrogen and oxygen atoms in total. The van der Waals surface area contributed by atoms with Crippen molar-refractivity contribution < 1.29 is 18.3 Å². The molecule has 4 N–H and O–H groups in total. The van der Waals surface area contributed by atoms with E-state index in [1.165, 1.54) is 0 Å². The molecule has 0 spiro atoms. The summed E-state index contributed by atoms with van der Waals surface area (Å²) in [4.78, 5) is 1.11. The molecule has 0 amide bonds. The maximum atomic E-state index is 12.6. The van der Waals surface area contributed by atoms with Crippen molar-refractivity contribution in [2.75, 3.05) is 19.7 Å². The molecule has 1 fully saturated rings. The molecular formula is C7H12F3N3O. The van der Waals surface area contributed by atoms with E-state index in [2.05, 4.69) is 0 Å². The van der Waals surface area contributed by atoms with Gasteiger partial charge in [0.05, 0.1) is 6.61 Å². The van der Waals surface area contributed by atoms with Crippen molar-refractivity contribution in [2.24, 2.45) is 11.1 Å². The summed E-state index contributed by atoms with van der Waals surface area (Å²) >= 11 is 0. The largest absolute Gasteiger partial charge is 0.398 e. The lowest BCUT2D eigenvalue weighted by Crippen LogP contribution is -2.45. The van der Waals surface area contributed by atoms with Gasteiger partial charge in [-0.05, 0) is 6.42 Å². The third-order valence-electron chi connectivity index (χ3n) is 2.60. The van der Waals surface area contributed by atoms with E-state index in [9.17, 15) is 13.2 Å². The van der Waals surface area contributed by atoms with Crippen molar-refractivity contribution >= 4 is 5.96 Å². The van der Waals surface area contributed by atoms with E-state index in [0.717, 1.165) is 4.90 Å². The van der Waals surface area contributed by atoms with Gasteiger partial charge in [-0.15, -0.1) is 0 Å². The minimum Gasteiger partial charge on any atom is -0.395 e. The molecule has 82 valence electrons. The van der Waals surface area contributed by atoms with Gasteiger partial charge in [-0.25, -0.2) is 0 Å². The average molecular weight is 211 g/mol. The molecule has 1 atom stereocenters. The predicted molar refractivity (Wildman–Crippen MR) is 43.7 cm³/mol. The van der Waals surface area contributed by atoms with Crippen molar-refractivity contribution in [3.63, 3.8) is 0 Å². The van der Waals surface area contributed by atoms with E-state index in [0.29, 0.717) is 0 Å². The first-order valence-corrected chi connectivity index (χ1v) is 4.09. The van der Waals surface area contributed by atoms with E-state index in [4.69, 9.17) is 16.2 Å². The number of hydrogen-bond donors (Lipinski definition) is 3. The zero-order valence-electron chi connectivity index (χ0n) is 7.43. The molecule has 1 heterocycles. The number of guanidine groups is 1. The Labute approximate surface area is 79.0 Å². The zero-order valence-corrected chi connectivity index (χ0v) is 7.43. The summed E-state index contributed by atoms with van der Waals surface area (Å²) in [5.41, 5.74) is 2.96. The Morgan fingerprint density at radius 2 is 2.14 bits per heavy atom. The molecule has 14 heavy (non-hydrogen) atoms. The highest BCUT2D eigenvalue weighted by molar-refractivity contribution is 5.75. The summed E-state index contributed by atoms with van der Waals surface area (Å²) in [5, 5.41) is 15.8. The maximum Gasteiger partial charge on any atom is 0.398 e. The molecule has 0 bridgehead atoms. The van der Waals surface area contributed by atoms with Crippen LogP contribution >= 0.6 is 0 Å². The number of likely N-dealkylation sites (tertiary alicyclic amines) is 1. The molecule has 0 aromatic heterocycles. The number of halogens is 3. The lowest BCUT2D eigenvalue weighted by Gasteiger charge is -2.29. The van der Waals surface area contributed by atoms with Crippen LogP contribution in [0.25, 0.3) is 0 Å². The van der Waals surface area contributed by atoms with Gasteiger partial charge in [0.2, 0.25) is 0 Å². The fraction of sp³-hybridized carbons (Fsp3) is 0.857. The van der Waals surface area contributed by atoms with Gasteiger partial charge in [-0.2, -0.15) is 13.2 Å². The van der Waals surface area contributed by atoms with Crippen LogP contribution in [0.2, 0.25) is 0 Å². The molecule has 0 aromatic carbocycles. The van der Waals surface area contributed by atoms with Crippen LogP contribution in [0, 0.1) is 10.8 Å². The fourth-order valence-corrected chi connectivity index (χ4v) is 1.53. The van der Waals surface area contributed by atoms with E-state index in [1.54, 1.807) is 0 Å². The topological polar surface area (TPSA) is 73.3 Å². The van der Waals surface area contributed by atoms with Crippen molar-refractivity contribution in [3.05, 3.63) is 0 Å². The number of hydrogen-bond acceptors (Lipinski definition) is 2. The van der Waals surface area contributed by atoms with Gasteiger partial charge in [0.1, 0.15) is 5.41 Å². The maximum absolute atomic E-state index is 12.6. The molecule has 1 rings (SSSR count). The van der Waals surface area contributed by atoms with Crippen LogP contribution in [0.15, 0.2) is 0 Å². The van der Waals surface area contributed by atoms with Gasteiger partial charge in [0.15, 0.2) is 5.96 Å². The highest BCUT2D eigenvalue weighted by Gasteiger charge is 2.57. The molecule has 7 heteroatoms. The van der Waals surface area contributed by atoms with Gasteiger partial charge in [-0.1, -0.05) is 0 Å². The Balaban J connectivity index is 2.82. The molecule has 0 saturated carbocycles. The van der Waals surface area contributed by atoms with Crippen molar-refractivity contribution in [3.8, 4) is 0 Å². The Kier molecular flexibility index (Phi) is 2.62. The van der Waals surface area contributed by atoms with Crippen LogP contribution in [0.1, 0.15) is 6.42 Å². The zero-order chi connectivity index (χ0) is 11.0. The first kappa shape index (κ1) is 11.1. The van der Waals surface area contributed by atoms with E-state index in [-0.39, 0.29) is 18.9 Å². The summed E-state index contributed by atoms with van der Waals surface area (Å²) in [6.45, 7) is -1.32. The highest BCUT2D eigenvalue weighted by atomic mass is 19.4. The second kappa shape index (κ2) is 3.30. The van der Waals surface area contributed by atoms with E-state index >= 15 is 0 Å². The summed E-state index contributed by atoms with van der Waals surface area (Å²) in [6, 6.07) is 0. The van der Waals surface area contributed by atoms with Gasteiger partial charge in [0, 0.05) is 13.1 Å². The van der Waals surface area contributed by atoms with Gasteiger partial charge in [-0.3, -0.25) is 5.41 Å². The minimum atomic E-state index is -4.45. The summed E-state index contributed by atoms with van der Waals surface area (Å²) < 4.78 is 37.7. The number of nitrogens with two attached hydrogens (primary N) is 1. The second-order valence-corrected chi connectivity index (χ2v) is 3.49. The van der Waals surface area contributed by atoms with Gasteiger partial charge in [0.25, 0.3) is 0 Å². The number of aliphatic hydroxyl groups is 1. The summed E-state index contributed by atoms with van der Waals surface area (Å²) in [5.74, 6) is -0.385. The Hall–Kier alpha value is -0.980. The fourth-order valence-electron chi connectivity index (χ4n) is 1.53. The molecule has 1 saturated heterocycles. The van der Waals surface area contributed by atoms with Crippen LogP contribution in [-0.2, 0) is 0 Å². The molecule has 1 aliphatic rings. The Morgan fingerprint density at radius 1 is 1.57 bits per heavy atom. The number of nitrogens with zero attached hydrogens (tertiary/aromatic N) is 1. The smallest absolute Gasteiger partial charge is 0.395 e. The third kappa shape index (κ3) is 1.63. The van der Waals surface area contributed by atoms with Crippen molar-refractivity contribution in [2.45, 2.75) is 12.6 Å². The Morgan fingerprint density at radius 3 is 2.36 bits per heavy atom. The van der Waals surface area contributed by atoms with Crippen molar-refractivity contribution in [1.29, 1.82) is 5.41 Å². The second-order valence-electron chi connectivity index (χ2n) is 3.49. The lowest BCUT2D eigenvalue weighted by atomic mass is 9.87. The standard InChI is InChI=1S/C7H12F3N3O/c8-7(9,10)6(4-14)1-2-13(3-6)5(11)12/h14H,1-4H2,(H3,11,12). The van der Waals surface area contributed by atoms with Crippen LogP contribution in [-0.4, -0.2) is 41.8 Å². The summed E-state index contributed by atoms with van der Waals surface area (Å²) in [6.07, 6.45) is -4.67. The quantitative estimate of drug-likeness (QED) is 0.426. The summed E-state index contributed by atoms with van der Waals surface area (Å²) in [7, 11) is 0. The molecular weight excluding hydrogens is 199 g/mol. The molecule has 1 aliphatic heterocycles. The first-order valence-electron chi connectivity index (χ1n) is 4.09. The van der Waals surface area contributed by atoms with Crippen LogP contribution in [0.4, 0.5) is 13.2 Å². The van der Waals surface area contributed by atoms with E-state index < -0.39 is 24.7 Å².